The molecule has 2 unspecified atom stereocenters. The van der Waals surface area contributed by atoms with Gasteiger partial charge in [-0.3, -0.25) is 37.3 Å². The van der Waals surface area contributed by atoms with Crippen molar-refractivity contribution in [3.05, 3.63) is 0 Å². The van der Waals surface area contributed by atoms with Gasteiger partial charge in [0, 0.05) is 25.7 Å². The van der Waals surface area contributed by atoms with Crippen LogP contribution >= 0.6 is 15.6 Å². The number of unbranched alkanes of at least 4 members (excludes halogenated alkanes) is 47. The van der Waals surface area contributed by atoms with Crippen LogP contribution in [-0.2, 0) is 65.4 Å². The lowest BCUT2D eigenvalue weighted by molar-refractivity contribution is -0.161. The summed E-state index contributed by atoms with van der Waals surface area (Å²) in [6.07, 6.45) is 59.0. The molecule has 0 fully saturated rings. The highest BCUT2D eigenvalue weighted by molar-refractivity contribution is 7.47. The molecular weight excluding hydrogens is 1270 g/mol. The smallest absolute Gasteiger partial charge is 0.462 e. The molecule has 0 aromatic rings. The maximum atomic E-state index is 13.1. The van der Waals surface area contributed by atoms with Crippen LogP contribution in [0.5, 0.6) is 0 Å². The summed E-state index contributed by atoms with van der Waals surface area (Å²) in [5.41, 5.74) is 0. The molecule has 0 spiro atoms. The second-order valence-corrected chi connectivity index (χ2v) is 32.0. The summed E-state index contributed by atoms with van der Waals surface area (Å²) in [4.78, 5) is 72.5. The predicted octanol–water partition coefficient (Wildman–Crippen LogP) is 23.1. The SMILES string of the molecule is CCCCCCCCCCCCCCCCCCCCCCC(=O)OC[C@H](COP(=O)(O)OC[C@@H](O)COP(=O)(O)OC[C@@H](COC(=O)CCCCCCC)OC(=O)CCCCCCCCCCC(C)C)OC(=O)CCCCCCCCCCCCCCCCCCCCC(C)C. The van der Waals surface area contributed by atoms with Crippen molar-refractivity contribution in [2.24, 2.45) is 11.8 Å². The van der Waals surface area contributed by atoms with E-state index in [0.29, 0.717) is 25.7 Å². The van der Waals surface area contributed by atoms with Crippen LogP contribution in [-0.4, -0.2) is 96.7 Å². The first-order valence-corrected chi connectivity index (χ1v) is 43.5. The van der Waals surface area contributed by atoms with Gasteiger partial charge in [-0.15, -0.1) is 0 Å². The lowest BCUT2D eigenvalue weighted by Crippen LogP contribution is -2.30. The van der Waals surface area contributed by atoms with Crippen LogP contribution in [0.2, 0.25) is 0 Å². The molecule has 0 bridgehead atoms. The maximum Gasteiger partial charge on any atom is 0.472 e. The Morgan fingerprint density at radius 2 is 0.474 bits per heavy atom. The first-order chi connectivity index (χ1) is 46.9. The topological polar surface area (TPSA) is 237 Å². The first-order valence-electron chi connectivity index (χ1n) is 40.5. The molecule has 5 atom stereocenters. The van der Waals surface area contributed by atoms with Crippen LogP contribution in [0.4, 0.5) is 0 Å². The Kier molecular flexibility index (Phi) is 68.4. The van der Waals surface area contributed by atoms with Gasteiger partial charge in [-0.25, -0.2) is 9.13 Å². The van der Waals surface area contributed by atoms with Crippen LogP contribution in [0.3, 0.4) is 0 Å². The first kappa shape index (κ1) is 95.1. The van der Waals surface area contributed by atoms with Crippen molar-refractivity contribution in [1.29, 1.82) is 0 Å². The number of hydrogen-bond acceptors (Lipinski definition) is 15. The fourth-order valence-corrected chi connectivity index (χ4v) is 13.6. The number of aliphatic hydroxyl groups is 1. The van der Waals surface area contributed by atoms with Gasteiger partial charge in [-0.05, 0) is 37.5 Å². The molecule has 0 aromatic carbocycles. The number of ether oxygens (including phenoxy) is 4. The van der Waals surface area contributed by atoms with E-state index in [0.717, 1.165) is 108 Å². The van der Waals surface area contributed by atoms with Crippen LogP contribution in [0.15, 0.2) is 0 Å². The summed E-state index contributed by atoms with van der Waals surface area (Å²) in [6, 6.07) is 0. The second-order valence-electron chi connectivity index (χ2n) is 29.1. The third kappa shape index (κ3) is 72.2. The molecule has 0 rings (SSSR count). The molecule has 0 amide bonds. The van der Waals surface area contributed by atoms with Gasteiger partial charge in [-0.1, -0.05) is 356 Å². The quantitative estimate of drug-likeness (QED) is 0.0222. The number of phosphoric ester groups is 2. The molecule has 0 aromatic heterocycles. The Morgan fingerprint density at radius 3 is 0.701 bits per heavy atom. The van der Waals surface area contributed by atoms with Crippen molar-refractivity contribution in [3.8, 4) is 0 Å². The third-order valence-corrected chi connectivity index (χ3v) is 20.1. The van der Waals surface area contributed by atoms with Crippen molar-refractivity contribution < 1.29 is 80.2 Å². The molecule has 576 valence electrons. The highest BCUT2D eigenvalue weighted by Crippen LogP contribution is 2.45. The van der Waals surface area contributed by atoms with Gasteiger partial charge in [0.1, 0.15) is 19.3 Å². The molecule has 17 nitrogen and oxygen atoms in total. The fraction of sp³-hybridized carbons (Fsp3) is 0.949. The summed E-state index contributed by atoms with van der Waals surface area (Å²) in [5, 5.41) is 10.6. The highest BCUT2D eigenvalue weighted by atomic mass is 31.2. The van der Waals surface area contributed by atoms with E-state index in [2.05, 4.69) is 41.5 Å². The molecule has 0 radical (unpaired) electrons. The van der Waals surface area contributed by atoms with E-state index >= 15 is 0 Å². The molecule has 0 saturated heterocycles. The lowest BCUT2D eigenvalue weighted by atomic mass is 10.0. The number of hydrogen-bond donors (Lipinski definition) is 3. The van der Waals surface area contributed by atoms with E-state index in [4.69, 9.17) is 37.0 Å². The molecule has 97 heavy (non-hydrogen) atoms. The van der Waals surface area contributed by atoms with Crippen molar-refractivity contribution in [2.45, 2.75) is 426 Å². The van der Waals surface area contributed by atoms with Crippen LogP contribution in [0, 0.1) is 11.8 Å². The van der Waals surface area contributed by atoms with Gasteiger partial charge in [-0.2, -0.15) is 0 Å². The van der Waals surface area contributed by atoms with Gasteiger partial charge in [0.15, 0.2) is 12.2 Å². The van der Waals surface area contributed by atoms with E-state index in [1.165, 1.54) is 218 Å². The Balaban J connectivity index is 5.10. The van der Waals surface area contributed by atoms with Gasteiger partial charge < -0.3 is 33.8 Å². The van der Waals surface area contributed by atoms with Crippen LogP contribution in [0.1, 0.15) is 408 Å². The second kappa shape index (κ2) is 69.8. The van der Waals surface area contributed by atoms with E-state index in [-0.39, 0.29) is 25.7 Å². The molecule has 0 aliphatic heterocycles. The number of rotatable bonds is 77. The third-order valence-electron chi connectivity index (χ3n) is 18.2. The van der Waals surface area contributed by atoms with Crippen LogP contribution in [0.25, 0.3) is 0 Å². The molecule has 0 aliphatic rings. The Hall–Kier alpha value is -1.94. The minimum Gasteiger partial charge on any atom is -0.462 e. The Morgan fingerprint density at radius 1 is 0.278 bits per heavy atom. The average molecular weight is 1420 g/mol. The molecule has 0 aliphatic carbocycles. The monoisotopic (exact) mass is 1420 g/mol. The predicted molar refractivity (Wildman–Crippen MR) is 395 cm³/mol. The Bertz CT molecular complexity index is 1870. The minimum absolute atomic E-state index is 0.104. The van der Waals surface area contributed by atoms with Crippen molar-refractivity contribution in [1.82, 2.24) is 0 Å². The molecule has 0 saturated carbocycles. The zero-order valence-electron chi connectivity index (χ0n) is 63.4. The van der Waals surface area contributed by atoms with E-state index in [1.54, 1.807) is 0 Å². The van der Waals surface area contributed by atoms with E-state index in [9.17, 15) is 43.2 Å². The van der Waals surface area contributed by atoms with Gasteiger partial charge in [0.2, 0.25) is 0 Å². The van der Waals surface area contributed by atoms with Crippen molar-refractivity contribution >= 4 is 39.5 Å². The normalized spacial score (nSPS) is 14.0. The minimum atomic E-state index is -4.96. The molecule has 3 N–H and O–H groups in total. The van der Waals surface area contributed by atoms with Crippen molar-refractivity contribution in [3.63, 3.8) is 0 Å². The fourth-order valence-electron chi connectivity index (χ4n) is 12.0. The number of carbonyl (C=O) groups excluding carboxylic acids is 4. The van der Waals surface area contributed by atoms with Crippen LogP contribution < -0.4 is 0 Å². The standard InChI is InChI=1S/C78H152O17P2/c1-7-9-11-13-14-15-16-17-18-19-20-21-25-28-31-34-37-43-49-55-61-76(81)89-67-74(95-77(82)62-56-50-44-38-35-32-29-26-23-22-24-27-30-33-36-41-47-52-58-70(3)4)69-93-97(86,87)91-65-72(79)64-90-96(84,85)92-68-73(66-88-75(80)60-54-46-12-10-8-2)94-78(83)63-57-51-45-40-39-42-48-53-59-71(5)6/h70-74,79H,7-69H2,1-6H3,(H,84,85)(H,86,87)/t72-,73+,74+/m0/s1. The molecule has 0 heterocycles. The van der Waals surface area contributed by atoms with Gasteiger partial charge in [0.05, 0.1) is 26.4 Å². The highest BCUT2D eigenvalue weighted by Gasteiger charge is 2.30. The lowest BCUT2D eigenvalue weighted by Gasteiger charge is -2.21. The number of esters is 4. The average Bonchev–Trinajstić information content (AvgIpc) is 2.40. The zero-order valence-corrected chi connectivity index (χ0v) is 65.2. The van der Waals surface area contributed by atoms with E-state index < -0.39 is 97.5 Å². The van der Waals surface area contributed by atoms with Crippen molar-refractivity contribution in [2.75, 3.05) is 39.6 Å². The summed E-state index contributed by atoms with van der Waals surface area (Å²) in [6.45, 7) is 9.50. The maximum absolute atomic E-state index is 13.1. The molecular formula is C78H152O17P2. The van der Waals surface area contributed by atoms with E-state index in [1.807, 2.05) is 0 Å². The summed E-state index contributed by atoms with van der Waals surface area (Å²) in [7, 11) is -9.90. The molecule has 19 heteroatoms. The number of carbonyl (C=O) groups is 4. The van der Waals surface area contributed by atoms with Gasteiger partial charge >= 0.3 is 39.5 Å². The largest absolute Gasteiger partial charge is 0.472 e. The number of phosphoric acid groups is 2. The summed E-state index contributed by atoms with van der Waals surface area (Å²) >= 11 is 0. The van der Waals surface area contributed by atoms with Gasteiger partial charge in [0.25, 0.3) is 0 Å². The zero-order chi connectivity index (χ0) is 71.4. The Labute approximate surface area is 594 Å². The number of aliphatic hydroxyl groups excluding tert-OH is 1. The summed E-state index contributed by atoms with van der Waals surface area (Å²) < 4.78 is 68.3. The summed E-state index contributed by atoms with van der Waals surface area (Å²) in [5.74, 6) is -0.589.